The van der Waals surface area contributed by atoms with Gasteiger partial charge >= 0.3 is 13.2 Å². The molecule has 0 amide bonds. The van der Waals surface area contributed by atoms with Crippen molar-refractivity contribution in [3.63, 3.8) is 0 Å². The van der Waals surface area contributed by atoms with E-state index in [4.69, 9.17) is 11.6 Å². The molecule has 0 atom stereocenters. The van der Waals surface area contributed by atoms with Gasteiger partial charge in [0, 0.05) is 22.5 Å². The molecule has 2 rings (SSSR count). The monoisotopic (exact) mass is 407 g/mol. The van der Waals surface area contributed by atoms with Gasteiger partial charge in [-0.3, -0.25) is 0 Å². The Balaban J connectivity index is 2.50. The van der Waals surface area contributed by atoms with Gasteiger partial charge in [0.15, 0.2) is 11.5 Å². The van der Waals surface area contributed by atoms with Gasteiger partial charge in [0.25, 0.3) is 0 Å². The number of ether oxygens (including phenoxy) is 2. The molecule has 0 heterocycles. The lowest BCUT2D eigenvalue weighted by Gasteiger charge is -2.31. The Morgan fingerprint density at radius 2 is 1.56 bits per heavy atom. The summed E-state index contributed by atoms with van der Waals surface area (Å²) >= 11 is 6.01. The maximum Gasteiger partial charge on any atom is 0.387 e. The van der Waals surface area contributed by atoms with Crippen LogP contribution >= 0.6 is 11.6 Å². The van der Waals surface area contributed by atoms with Crippen LogP contribution < -0.4 is 14.4 Å². The minimum absolute atomic E-state index is 0.0660. The minimum Gasteiger partial charge on any atom is -0.431 e. The van der Waals surface area contributed by atoms with Crippen LogP contribution in [0.1, 0.15) is 13.8 Å². The van der Waals surface area contributed by atoms with Crippen LogP contribution in [0.15, 0.2) is 42.5 Å². The Morgan fingerprint density at radius 3 is 2.11 bits per heavy atom. The van der Waals surface area contributed by atoms with Crippen LogP contribution in [0.2, 0.25) is 5.02 Å². The number of alkyl halides is 4. The van der Waals surface area contributed by atoms with Crippen LogP contribution in [0.4, 0.5) is 28.9 Å². The lowest BCUT2D eigenvalue weighted by atomic mass is 10.1. The van der Waals surface area contributed by atoms with E-state index in [0.29, 0.717) is 16.4 Å². The van der Waals surface area contributed by atoms with Gasteiger partial charge in [0.2, 0.25) is 0 Å². The summed E-state index contributed by atoms with van der Waals surface area (Å²) in [6.07, 6.45) is 0. The average Bonchev–Trinajstić information content (AvgIpc) is 2.52. The molecule has 0 saturated heterocycles. The molecular weight excluding hydrogens is 390 g/mol. The van der Waals surface area contributed by atoms with Gasteiger partial charge in [-0.2, -0.15) is 17.6 Å². The predicted octanol–water partition coefficient (Wildman–Crippen LogP) is 5.45. The molecule has 27 heavy (non-hydrogen) atoms. The third kappa shape index (κ3) is 6.48. The summed E-state index contributed by atoms with van der Waals surface area (Å²) in [7, 11) is 0. The van der Waals surface area contributed by atoms with Crippen LogP contribution in [-0.2, 0) is 0 Å². The fraction of sp³-hybridized carbons (Fsp3) is 0.333. The Hall–Kier alpha value is -2.19. The first-order chi connectivity index (χ1) is 12.5. The second-order valence-corrected chi connectivity index (χ2v) is 6.70. The van der Waals surface area contributed by atoms with Crippen molar-refractivity contribution in [1.29, 1.82) is 0 Å². The van der Waals surface area contributed by atoms with Crippen LogP contribution in [0.3, 0.4) is 0 Å². The Kier molecular flexibility index (Phi) is 6.78. The SMILES string of the molecule is CC(C)(O)CN(c1cccc(Cl)c1)c1ccc(OC(F)F)c(OC(F)F)c1. The average molecular weight is 408 g/mol. The smallest absolute Gasteiger partial charge is 0.387 e. The molecular formula is C18H18ClF4NO3. The third-order valence-electron chi connectivity index (χ3n) is 3.34. The van der Waals surface area contributed by atoms with E-state index in [0.717, 1.165) is 12.1 Å². The van der Waals surface area contributed by atoms with Gasteiger partial charge in [-0.25, -0.2) is 0 Å². The molecule has 0 aliphatic heterocycles. The zero-order valence-corrected chi connectivity index (χ0v) is 15.3. The summed E-state index contributed by atoms with van der Waals surface area (Å²) in [5.41, 5.74) is -0.281. The molecule has 0 fully saturated rings. The van der Waals surface area contributed by atoms with Crippen molar-refractivity contribution in [1.82, 2.24) is 0 Å². The van der Waals surface area contributed by atoms with Crippen molar-refractivity contribution >= 4 is 23.0 Å². The molecule has 1 N–H and O–H groups in total. The van der Waals surface area contributed by atoms with E-state index in [1.165, 1.54) is 6.07 Å². The molecule has 0 unspecified atom stereocenters. The van der Waals surface area contributed by atoms with E-state index in [1.54, 1.807) is 43.0 Å². The fourth-order valence-corrected chi connectivity index (χ4v) is 2.59. The van der Waals surface area contributed by atoms with Gasteiger partial charge in [-0.05, 0) is 44.2 Å². The second-order valence-electron chi connectivity index (χ2n) is 6.27. The van der Waals surface area contributed by atoms with Crippen molar-refractivity contribution in [2.45, 2.75) is 32.7 Å². The fourth-order valence-electron chi connectivity index (χ4n) is 2.41. The van der Waals surface area contributed by atoms with E-state index in [9.17, 15) is 22.7 Å². The van der Waals surface area contributed by atoms with Crippen molar-refractivity contribution in [2.24, 2.45) is 0 Å². The molecule has 2 aromatic rings. The van der Waals surface area contributed by atoms with Crippen molar-refractivity contribution in [2.75, 3.05) is 11.4 Å². The summed E-state index contributed by atoms with van der Waals surface area (Å²) < 4.78 is 58.9. The molecule has 148 valence electrons. The first kappa shape index (κ1) is 21.1. The number of hydrogen-bond acceptors (Lipinski definition) is 4. The topological polar surface area (TPSA) is 41.9 Å². The minimum atomic E-state index is -3.23. The van der Waals surface area contributed by atoms with Gasteiger partial charge in [0.05, 0.1) is 12.1 Å². The van der Waals surface area contributed by atoms with Crippen LogP contribution in [0.5, 0.6) is 11.5 Å². The number of nitrogens with zero attached hydrogens (tertiary/aromatic N) is 1. The summed E-state index contributed by atoms with van der Waals surface area (Å²) in [6, 6.07) is 10.3. The Bertz CT molecular complexity index is 769. The number of hydrogen-bond donors (Lipinski definition) is 1. The quantitative estimate of drug-likeness (QED) is 0.591. The summed E-state index contributed by atoms with van der Waals surface area (Å²) in [5.74, 6) is -1.08. The van der Waals surface area contributed by atoms with Gasteiger partial charge in [-0.1, -0.05) is 17.7 Å². The number of aliphatic hydroxyl groups is 1. The van der Waals surface area contributed by atoms with Gasteiger partial charge < -0.3 is 19.5 Å². The largest absolute Gasteiger partial charge is 0.431 e. The highest BCUT2D eigenvalue weighted by molar-refractivity contribution is 6.30. The summed E-state index contributed by atoms with van der Waals surface area (Å²) in [4.78, 5) is 1.59. The number of anilines is 2. The molecule has 0 saturated carbocycles. The number of benzene rings is 2. The molecule has 0 aliphatic rings. The normalized spacial score (nSPS) is 11.8. The van der Waals surface area contributed by atoms with Crippen molar-refractivity contribution < 1.29 is 32.1 Å². The van der Waals surface area contributed by atoms with E-state index in [1.807, 2.05) is 0 Å². The maximum absolute atomic E-state index is 12.7. The highest BCUT2D eigenvalue weighted by atomic mass is 35.5. The molecule has 2 aromatic carbocycles. The third-order valence-corrected chi connectivity index (χ3v) is 3.57. The molecule has 0 radical (unpaired) electrons. The molecule has 0 aliphatic carbocycles. The lowest BCUT2D eigenvalue weighted by Crippen LogP contribution is -2.36. The van der Waals surface area contributed by atoms with E-state index >= 15 is 0 Å². The van der Waals surface area contributed by atoms with Gasteiger partial charge in [0.1, 0.15) is 0 Å². The standard InChI is InChI=1S/C18H18ClF4NO3/c1-18(2,25)10-24(12-5-3-4-11(19)8-12)13-6-7-14(26-16(20)21)15(9-13)27-17(22)23/h3-9,16-17,25H,10H2,1-2H3. The Morgan fingerprint density at radius 1 is 0.963 bits per heavy atom. The number of halogens is 5. The van der Waals surface area contributed by atoms with Crippen molar-refractivity contribution in [3.8, 4) is 11.5 Å². The van der Waals surface area contributed by atoms with Crippen LogP contribution in [0, 0.1) is 0 Å². The molecule has 4 nitrogen and oxygen atoms in total. The molecule has 0 aromatic heterocycles. The molecule has 0 spiro atoms. The first-order valence-electron chi connectivity index (χ1n) is 7.84. The van der Waals surface area contributed by atoms with Crippen LogP contribution in [0.25, 0.3) is 0 Å². The zero-order chi connectivity index (χ0) is 20.2. The van der Waals surface area contributed by atoms with E-state index < -0.39 is 30.3 Å². The second kappa shape index (κ2) is 8.67. The molecule has 0 bridgehead atoms. The first-order valence-corrected chi connectivity index (χ1v) is 8.22. The molecule has 9 heteroatoms. The highest BCUT2D eigenvalue weighted by Crippen LogP contribution is 2.37. The van der Waals surface area contributed by atoms with Crippen molar-refractivity contribution in [3.05, 3.63) is 47.5 Å². The van der Waals surface area contributed by atoms with E-state index in [-0.39, 0.29) is 6.54 Å². The number of rotatable bonds is 8. The highest BCUT2D eigenvalue weighted by Gasteiger charge is 2.23. The summed E-state index contributed by atoms with van der Waals surface area (Å²) in [5, 5.41) is 10.6. The van der Waals surface area contributed by atoms with E-state index in [2.05, 4.69) is 9.47 Å². The predicted molar refractivity (Wildman–Crippen MR) is 94.5 cm³/mol. The van der Waals surface area contributed by atoms with Gasteiger partial charge in [-0.15, -0.1) is 0 Å². The lowest BCUT2D eigenvalue weighted by molar-refractivity contribution is -0.0692. The maximum atomic E-state index is 12.7. The zero-order valence-electron chi connectivity index (χ0n) is 14.5. The van der Waals surface area contributed by atoms with Crippen LogP contribution in [-0.4, -0.2) is 30.5 Å². The Labute approximate surface area is 158 Å². The summed E-state index contributed by atoms with van der Waals surface area (Å²) in [6.45, 7) is -3.23.